The highest BCUT2D eigenvalue weighted by Gasteiger charge is 2.23. The van der Waals surface area contributed by atoms with Crippen LogP contribution in [0.1, 0.15) is 61.7 Å². The van der Waals surface area contributed by atoms with E-state index in [0.29, 0.717) is 5.65 Å². The second-order valence-corrected chi connectivity index (χ2v) is 8.83. The molecule has 34 heavy (non-hydrogen) atoms. The molecule has 0 unspecified atom stereocenters. The topological polar surface area (TPSA) is 96.6 Å². The summed E-state index contributed by atoms with van der Waals surface area (Å²) in [6.45, 7) is 5.09. The van der Waals surface area contributed by atoms with Gasteiger partial charge in [-0.05, 0) is 67.9 Å². The zero-order valence-electron chi connectivity index (χ0n) is 19.8. The number of aryl methyl sites for hydroxylation is 2. The number of aromatic amines is 1. The Balaban J connectivity index is 1.38. The van der Waals surface area contributed by atoms with E-state index in [-0.39, 0.29) is 6.04 Å². The standard InChI is InChI=1S/C27H31N7/c1-3-19(10-6-11-20-9-4-5-12-21(20)18(2)28)23-17-30-25-26(31-23)32-33-27(25)34-16-8-13-22-24(34)14-7-15-29-22/h4-5,7,9-10,12,14-15,17-18H,3,6,8,11,13,16,28H2,1-2H3,(H,31,32,33)/b19-10+/t18-/m1/s1. The summed E-state index contributed by atoms with van der Waals surface area (Å²) in [5, 5.41) is 7.70. The lowest BCUT2D eigenvalue weighted by Crippen LogP contribution is -2.25. The molecule has 1 aliphatic heterocycles. The molecular formula is C27H31N7. The molecule has 1 aromatic carbocycles. The fourth-order valence-electron chi connectivity index (χ4n) is 4.78. The first-order valence-electron chi connectivity index (χ1n) is 12.1. The Hall–Kier alpha value is -3.58. The lowest BCUT2D eigenvalue weighted by atomic mass is 9.97. The summed E-state index contributed by atoms with van der Waals surface area (Å²) in [6.07, 6.45) is 10.8. The molecule has 0 saturated heterocycles. The summed E-state index contributed by atoms with van der Waals surface area (Å²) >= 11 is 0. The summed E-state index contributed by atoms with van der Waals surface area (Å²) in [5.41, 5.74) is 14.5. The van der Waals surface area contributed by atoms with E-state index in [1.165, 1.54) is 16.7 Å². The van der Waals surface area contributed by atoms with Gasteiger partial charge in [0.1, 0.15) is 0 Å². The number of nitrogens with zero attached hydrogens (tertiary/aromatic N) is 5. The number of aromatic nitrogens is 5. The molecule has 0 fully saturated rings. The van der Waals surface area contributed by atoms with Gasteiger partial charge in [0.05, 0.1) is 23.3 Å². The Labute approximate surface area is 200 Å². The van der Waals surface area contributed by atoms with Crippen LogP contribution in [-0.4, -0.2) is 31.7 Å². The second-order valence-electron chi connectivity index (χ2n) is 8.83. The van der Waals surface area contributed by atoms with Crippen LogP contribution < -0.4 is 10.6 Å². The van der Waals surface area contributed by atoms with E-state index in [1.54, 1.807) is 0 Å². The first kappa shape index (κ1) is 22.2. The summed E-state index contributed by atoms with van der Waals surface area (Å²) in [5.74, 6) is 0.817. The minimum atomic E-state index is 0.0383. The summed E-state index contributed by atoms with van der Waals surface area (Å²) < 4.78 is 0. The molecule has 0 saturated carbocycles. The third-order valence-electron chi connectivity index (χ3n) is 6.52. The maximum Gasteiger partial charge on any atom is 0.183 e. The predicted octanol–water partition coefficient (Wildman–Crippen LogP) is 5.28. The van der Waals surface area contributed by atoms with Crippen molar-refractivity contribution >= 4 is 28.2 Å². The molecule has 0 bridgehead atoms. The first-order valence-corrected chi connectivity index (χ1v) is 12.1. The monoisotopic (exact) mass is 453 g/mol. The van der Waals surface area contributed by atoms with E-state index in [4.69, 9.17) is 15.7 Å². The number of H-pyrrole nitrogens is 1. The van der Waals surface area contributed by atoms with Gasteiger partial charge in [0.15, 0.2) is 17.0 Å². The highest BCUT2D eigenvalue weighted by Crippen LogP contribution is 2.34. The molecule has 174 valence electrons. The number of fused-ring (bicyclic) bond motifs is 2. The van der Waals surface area contributed by atoms with Crippen molar-refractivity contribution in [2.75, 3.05) is 11.4 Å². The summed E-state index contributed by atoms with van der Waals surface area (Å²) in [6, 6.07) is 12.5. The fraction of sp³-hybridized carbons (Fsp3) is 0.333. The smallest absolute Gasteiger partial charge is 0.183 e. The van der Waals surface area contributed by atoms with Crippen LogP contribution in [0.5, 0.6) is 0 Å². The number of benzene rings is 1. The number of allylic oxidation sites excluding steroid dienone is 2. The Morgan fingerprint density at radius 3 is 2.94 bits per heavy atom. The van der Waals surface area contributed by atoms with E-state index in [2.05, 4.69) is 63.4 Å². The molecule has 0 amide bonds. The normalized spacial score (nSPS) is 14.9. The average Bonchev–Trinajstić information content (AvgIpc) is 3.29. The highest BCUT2D eigenvalue weighted by molar-refractivity contribution is 5.87. The minimum Gasteiger partial charge on any atom is -0.324 e. The number of anilines is 2. The number of pyridine rings is 1. The number of nitrogens with one attached hydrogen (secondary N) is 1. The molecule has 0 radical (unpaired) electrons. The van der Waals surface area contributed by atoms with Crippen LogP contribution in [0.4, 0.5) is 11.5 Å². The van der Waals surface area contributed by atoms with E-state index >= 15 is 0 Å². The molecule has 1 aliphatic rings. The van der Waals surface area contributed by atoms with Crippen molar-refractivity contribution in [1.82, 2.24) is 25.1 Å². The van der Waals surface area contributed by atoms with Gasteiger partial charge in [-0.3, -0.25) is 10.1 Å². The fourth-order valence-corrected chi connectivity index (χ4v) is 4.78. The van der Waals surface area contributed by atoms with Crippen LogP contribution in [0.25, 0.3) is 16.7 Å². The second kappa shape index (κ2) is 9.73. The molecule has 3 aromatic heterocycles. The lowest BCUT2D eigenvalue weighted by Gasteiger charge is -2.28. The largest absolute Gasteiger partial charge is 0.324 e. The van der Waals surface area contributed by atoms with Crippen molar-refractivity contribution in [2.24, 2.45) is 5.73 Å². The molecule has 5 rings (SSSR count). The minimum absolute atomic E-state index is 0.0383. The van der Waals surface area contributed by atoms with E-state index < -0.39 is 0 Å². The van der Waals surface area contributed by atoms with Crippen LogP contribution in [0.2, 0.25) is 0 Å². The molecule has 0 aliphatic carbocycles. The van der Waals surface area contributed by atoms with Gasteiger partial charge in [0.25, 0.3) is 0 Å². The van der Waals surface area contributed by atoms with Crippen molar-refractivity contribution in [3.63, 3.8) is 0 Å². The zero-order valence-corrected chi connectivity index (χ0v) is 19.8. The van der Waals surface area contributed by atoms with Gasteiger partial charge in [0, 0.05) is 18.8 Å². The maximum absolute atomic E-state index is 6.15. The molecule has 7 heteroatoms. The van der Waals surface area contributed by atoms with Crippen molar-refractivity contribution < 1.29 is 0 Å². The first-order chi connectivity index (χ1) is 16.7. The molecule has 4 heterocycles. The van der Waals surface area contributed by atoms with Crippen LogP contribution in [-0.2, 0) is 12.8 Å². The average molecular weight is 454 g/mol. The van der Waals surface area contributed by atoms with Gasteiger partial charge in [0.2, 0.25) is 0 Å². The molecular weight excluding hydrogens is 422 g/mol. The van der Waals surface area contributed by atoms with Crippen molar-refractivity contribution in [3.05, 3.63) is 77.4 Å². The Bertz CT molecular complexity index is 1320. The molecule has 4 aromatic rings. The highest BCUT2D eigenvalue weighted by atomic mass is 15.3. The quantitative estimate of drug-likeness (QED) is 0.395. The van der Waals surface area contributed by atoms with Crippen LogP contribution >= 0.6 is 0 Å². The van der Waals surface area contributed by atoms with E-state index in [1.807, 2.05) is 25.4 Å². The SMILES string of the molecule is CC/C(=C\CCc1ccccc1[C@@H](C)N)c1cnc2c(N3CCCc4ncccc43)n[nH]c2n1. The Morgan fingerprint density at radius 2 is 2.09 bits per heavy atom. The lowest BCUT2D eigenvalue weighted by molar-refractivity contribution is 0.738. The van der Waals surface area contributed by atoms with Gasteiger partial charge in [-0.1, -0.05) is 37.3 Å². The van der Waals surface area contributed by atoms with Gasteiger partial charge >= 0.3 is 0 Å². The maximum atomic E-state index is 6.15. The van der Waals surface area contributed by atoms with Gasteiger partial charge in [-0.25, -0.2) is 9.97 Å². The van der Waals surface area contributed by atoms with Gasteiger partial charge in [-0.2, -0.15) is 5.10 Å². The molecule has 3 N–H and O–H groups in total. The number of hydrogen-bond acceptors (Lipinski definition) is 6. The summed E-state index contributed by atoms with van der Waals surface area (Å²) in [7, 11) is 0. The zero-order chi connectivity index (χ0) is 23.5. The number of nitrogens with two attached hydrogens (primary N) is 1. The number of rotatable bonds is 7. The molecule has 0 spiro atoms. The third-order valence-corrected chi connectivity index (χ3v) is 6.52. The summed E-state index contributed by atoms with van der Waals surface area (Å²) in [4.78, 5) is 16.4. The van der Waals surface area contributed by atoms with E-state index in [0.717, 1.165) is 67.1 Å². The van der Waals surface area contributed by atoms with Crippen molar-refractivity contribution in [3.8, 4) is 0 Å². The van der Waals surface area contributed by atoms with Gasteiger partial charge in [-0.15, -0.1) is 0 Å². The van der Waals surface area contributed by atoms with Gasteiger partial charge < -0.3 is 10.6 Å². The predicted molar refractivity (Wildman–Crippen MR) is 137 cm³/mol. The van der Waals surface area contributed by atoms with Crippen LogP contribution in [0, 0.1) is 0 Å². The Morgan fingerprint density at radius 1 is 1.21 bits per heavy atom. The third kappa shape index (κ3) is 4.31. The number of hydrogen-bond donors (Lipinski definition) is 2. The van der Waals surface area contributed by atoms with Crippen molar-refractivity contribution in [1.29, 1.82) is 0 Å². The van der Waals surface area contributed by atoms with Crippen molar-refractivity contribution in [2.45, 2.75) is 52.0 Å². The van der Waals surface area contributed by atoms with Crippen LogP contribution in [0.3, 0.4) is 0 Å². The molecule has 1 atom stereocenters. The Kier molecular flexibility index (Phi) is 6.36. The van der Waals surface area contributed by atoms with E-state index in [9.17, 15) is 0 Å². The van der Waals surface area contributed by atoms with Crippen LogP contribution in [0.15, 0.2) is 54.9 Å². The molecule has 7 nitrogen and oxygen atoms in total.